The van der Waals surface area contributed by atoms with Gasteiger partial charge in [-0.05, 0) is 30.2 Å². The summed E-state index contributed by atoms with van der Waals surface area (Å²) in [6, 6.07) is 9.94. The summed E-state index contributed by atoms with van der Waals surface area (Å²) in [6.07, 6.45) is 3.57. The lowest BCUT2D eigenvalue weighted by Crippen LogP contribution is -2.18. The summed E-state index contributed by atoms with van der Waals surface area (Å²) in [7, 11) is 0. The molecule has 102 valence electrons. The number of rotatable bonds is 3. The van der Waals surface area contributed by atoms with E-state index in [1.54, 1.807) is 6.20 Å². The van der Waals surface area contributed by atoms with Crippen LogP contribution < -0.4 is 5.73 Å². The fraction of sp³-hybridized carbons (Fsp3) is 0.267. The van der Waals surface area contributed by atoms with E-state index in [0.717, 1.165) is 22.3 Å². The molecule has 1 atom stereocenters. The molecule has 0 saturated heterocycles. The maximum Gasteiger partial charge on any atom is 0.0979 e. The first-order valence-corrected chi connectivity index (χ1v) is 6.67. The monoisotopic (exact) mass is 267 g/mol. The number of anilines is 1. The molecule has 3 aromatic rings. The molecule has 0 amide bonds. The van der Waals surface area contributed by atoms with E-state index in [4.69, 9.17) is 10.7 Å². The molecular formula is C15H17N5. The quantitative estimate of drug-likeness (QED) is 0.741. The first kappa shape index (κ1) is 12.6. The first-order chi connectivity index (χ1) is 9.65. The molecule has 0 aliphatic carbocycles. The summed E-state index contributed by atoms with van der Waals surface area (Å²) in [5, 5.41) is 9.06. The molecular weight excluding hydrogens is 250 g/mol. The van der Waals surface area contributed by atoms with Gasteiger partial charge in [0, 0.05) is 17.3 Å². The Balaban J connectivity index is 2.10. The van der Waals surface area contributed by atoms with Crippen LogP contribution in [0.2, 0.25) is 0 Å². The highest BCUT2D eigenvalue weighted by Gasteiger charge is 2.20. The van der Waals surface area contributed by atoms with E-state index in [1.807, 2.05) is 35.1 Å². The van der Waals surface area contributed by atoms with Gasteiger partial charge in [-0.15, -0.1) is 5.10 Å². The fourth-order valence-electron chi connectivity index (χ4n) is 2.47. The molecule has 0 radical (unpaired) electrons. The lowest BCUT2D eigenvalue weighted by atomic mass is 10.00. The molecule has 3 rings (SSSR count). The van der Waals surface area contributed by atoms with Crippen LogP contribution in [-0.4, -0.2) is 20.0 Å². The van der Waals surface area contributed by atoms with Gasteiger partial charge < -0.3 is 5.73 Å². The van der Waals surface area contributed by atoms with Gasteiger partial charge in [0.15, 0.2) is 0 Å². The Morgan fingerprint density at radius 1 is 1.15 bits per heavy atom. The lowest BCUT2D eigenvalue weighted by Gasteiger charge is -2.20. The average Bonchev–Trinajstić information content (AvgIpc) is 2.92. The molecule has 20 heavy (non-hydrogen) atoms. The number of fused-ring (bicyclic) bond motifs is 1. The van der Waals surface area contributed by atoms with Crippen molar-refractivity contribution in [2.75, 3.05) is 5.73 Å². The van der Waals surface area contributed by atoms with E-state index in [1.165, 1.54) is 0 Å². The third kappa shape index (κ3) is 2.22. The highest BCUT2D eigenvalue weighted by atomic mass is 15.4. The van der Waals surface area contributed by atoms with Crippen LogP contribution in [0.1, 0.15) is 25.6 Å². The molecule has 1 unspecified atom stereocenters. The summed E-state index contributed by atoms with van der Waals surface area (Å²) in [4.78, 5) is 4.75. The van der Waals surface area contributed by atoms with Crippen LogP contribution in [0, 0.1) is 5.92 Å². The second-order valence-electron chi connectivity index (χ2n) is 5.26. The van der Waals surface area contributed by atoms with Gasteiger partial charge in [-0.25, -0.2) is 4.68 Å². The minimum atomic E-state index is 0.0828. The third-order valence-corrected chi connectivity index (χ3v) is 3.40. The fourth-order valence-corrected chi connectivity index (χ4v) is 2.47. The molecule has 5 heteroatoms. The zero-order valence-electron chi connectivity index (χ0n) is 11.6. The van der Waals surface area contributed by atoms with Crippen LogP contribution in [0.25, 0.3) is 10.9 Å². The molecule has 2 heterocycles. The van der Waals surface area contributed by atoms with Crippen LogP contribution in [0.5, 0.6) is 0 Å². The predicted octanol–water partition coefficient (Wildman–Crippen LogP) is 2.65. The number of nitrogen functional groups attached to an aromatic ring is 1. The minimum absolute atomic E-state index is 0.0828. The van der Waals surface area contributed by atoms with Gasteiger partial charge in [-0.2, -0.15) is 0 Å². The van der Waals surface area contributed by atoms with Crippen molar-refractivity contribution in [3.63, 3.8) is 0 Å². The van der Waals surface area contributed by atoms with Crippen LogP contribution in [-0.2, 0) is 0 Å². The van der Waals surface area contributed by atoms with Crippen molar-refractivity contribution in [2.45, 2.75) is 19.9 Å². The van der Waals surface area contributed by atoms with Gasteiger partial charge in [0.1, 0.15) is 0 Å². The molecule has 0 fully saturated rings. The van der Waals surface area contributed by atoms with Crippen molar-refractivity contribution in [3.05, 3.63) is 48.4 Å². The molecule has 0 saturated carbocycles. The Morgan fingerprint density at radius 2 is 2.00 bits per heavy atom. The van der Waals surface area contributed by atoms with Gasteiger partial charge in [0.25, 0.3) is 0 Å². The third-order valence-electron chi connectivity index (χ3n) is 3.40. The number of nitrogens with two attached hydrogens (primary N) is 1. The lowest BCUT2D eigenvalue weighted by molar-refractivity contribution is 0.387. The maximum atomic E-state index is 5.80. The number of hydrogen-bond donors (Lipinski definition) is 1. The molecule has 2 N–H and O–H groups in total. The number of pyridine rings is 1. The summed E-state index contributed by atoms with van der Waals surface area (Å²) >= 11 is 0. The summed E-state index contributed by atoms with van der Waals surface area (Å²) in [5.74, 6) is 0.371. The summed E-state index contributed by atoms with van der Waals surface area (Å²) < 4.78 is 1.86. The Morgan fingerprint density at radius 3 is 2.70 bits per heavy atom. The molecule has 0 aliphatic rings. The molecule has 1 aromatic carbocycles. The predicted molar refractivity (Wildman–Crippen MR) is 79.2 cm³/mol. The number of nitrogens with zero attached hydrogens (tertiary/aromatic N) is 4. The van der Waals surface area contributed by atoms with Crippen molar-refractivity contribution >= 4 is 16.6 Å². The smallest absolute Gasteiger partial charge is 0.0979 e. The van der Waals surface area contributed by atoms with Crippen LogP contribution in [0.15, 0.2) is 42.7 Å². The van der Waals surface area contributed by atoms with Gasteiger partial charge >= 0.3 is 0 Å². The molecule has 0 bridgehead atoms. The van der Waals surface area contributed by atoms with Gasteiger partial charge in [0.2, 0.25) is 0 Å². The van der Waals surface area contributed by atoms with E-state index in [0.29, 0.717) is 5.92 Å². The molecule has 0 spiro atoms. The summed E-state index contributed by atoms with van der Waals surface area (Å²) in [6.45, 7) is 4.31. The van der Waals surface area contributed by atoms with Crippen molar-refractivity contribution in [3.8, 4) is 0 Å². The normalized spacial score (nSPS) is 12.9. The largest absolute Gasteiger partial charge is 0.399 e. The second kappa shape index (κ2) is 4.92. The molecule has 5 nitrogen and oxygen atoms in total. The minimum Gasteiger partial charge on any atom is -0.399 e. The van der Waals surface area contributed by atoms with Gasteiger partial charge in [0.05, 0.1) is 23.4 Å². The van der Waals surface area contributed by atoms with E-state index in [9.17, 15) is 0 Å². The van der Waals surface area contributed by atoms with Crippen molar-refractivity contribution in [1.29, 1.82) is 0 Å². The van der Waals surface area contributed by atoms with E-state index < -0.39 is 0 Å². The van der Waals surface area contributed by atoms with Crippen molar-refractivity contribution < 1.29 is 0 Å². The van der Waals surface area contributed by atoms with Crippen molar-refractivity contribution in [1.82, 2.24) is 20.0 Å². The van der Waals surface area contributed by atoms with Gasteiger partial charge in [-0.1, -0.05) is 25.1 Å². The zero-order chi connectivity index (χ0) is 14.1. The van der Waals surface area contributed by atoms with Crippen LogP contribution >= 0.6 is 0 Å². The van der Waals surface area contributed by atoms with Crippen LogP contribution in [0.4, 0.5) is 5.69 Å². The molecule has 2 aromatic heterocycles. The Hall–Kier alpha value is -2.43. The summed E-state index contributed by atoms with van der Waals surface area (Å²) in [5.41, 5.74) is 8.49. The average molecular weight is 267 g/mol. The Labute approximate surface area is 117 Å². The van der Waals surface area contributed by atoms with E-state index in [-0.39, 0.29) is 6.04 Å². The van der Waals surface area contributed by atoms with Gasteiger partial charge in [-0.3, -0.25) is 4.98 Å². The van der Waals surface area contributed by atoms with Crippen LogP contribution in [0.3, 0.4) is 0 Å². The highest BCUT2D eigenvalue weighted by Crippen LogP contribution is 2.26. The number of aromatic nitrogens is 4. The van der Waals surface area contributed by atoms with E-state index in [2.05, 4.69) is 30.2 Å². The Bertz CT molecular complexity index is 718. The zero-order valence-corrected chi connectivity index (χ0v) is 11.6. The SMILES string of the molecule is CC(C)C(c1ccc2cc(N)ccc2n1)n1ccnn1. The topological polar surface area (TPSA) is 69.6 Å². The van der Waals surface area contributed by atoms with Crippen molar-refractivity contribution in [2.24, 2.45) is 5.92 Å². The Kier molecular flexibility index (Phi) is 3.10. The maximum absolute atomic E-state index is 5.80. The number of hydrogen-bond acceptors (Lipinski definition) is 4. The van der Waals surface area contributed by atoms with E-state index >= 15 is 0 Å². The standard InChI is InChI=1S/C15H17N5/c1-10(2)15(20-8-7-17-19-20)14-5-3-11-9-12(16)4-6-13(11)18-14/h3-10,15H,16H2,1-2H3. The number of benzene rings is 1. The first-order valence-electron chi connectivity index (χ1n) is 6.67. The molecule has 0 aliphatic heterocycles. The second-order valence-corrected chi connectivity index (χ2v) is 5.26. The highest BCUT2D eigenvalue weighted by molar-refractivity contribution is 5.82.